The van der Waals surface area contributed by atoms with Gasteiger partial charge in [0.25, 0.3) is 0 Å². The Bertz CT molecular complexity index is 727. The molecule has 0 saturated carbocycles. The largest absolute Gasteiger partial charge is 0.254 e. The zero-order valence-electron chi connectivity index (χ0n) is 10.7. The van der Waals surface area contributed by atoms with E-state index in [1.54, 1.807) is 6.20 Å². The third-order valence-corrected chi connectivity index (χ3v) is 4.80. The Kier molecular flexibility index (Phi) is 4.21. The van der Waals surface area contributed by atoms with Crippen LogP contribution in [0.3, 0.4) is 0 Å². The minimum absolute atomic E-state index is 0.0529. The highest BCUT2D eigenvalue weighted by Crippen LogP contribution is 2.31. The minimum Gasteiger partial charge on any atom is -0.254 e. The molecule has 0 radical (unpaired) electrons. The lowest BCUT2D eigenvalue weighted by Gasteiger charge is -2.02. The zero-order valence-corrected chi connectivity index (χ0v) is 12.3. The highest BCUT2D eigenvalue weighted by Gasteiger charge is 2.12. The van der Waals surface area contributed by atoms with E-state index >= 15 is 0 Å². The number of rotatable bonds is 4. The molecule has 0 saturated heterocycles. The molecule has 2 heterocycles. The van der Waals surface area contributed by atoms with E-state index in [-0.39, 0.29) is 11.3 Å². The van der Waals surface area contributed by atoms with E-state index in [9.17, 15) is 8.78 Å². The molecule has 0 aliphatic rings. The summed E-state index contributed by atoms with van der Waals surface area (Å²) in [6.45, 7) is 0. The van der Waals surface area contributed by atoms with Crippen LogP contribution in [0.5, 0.6) is 0 Å². The van der Waals surface area contributed by atoms with E-state index in [2.05, 4.69) is 15.2 Å². The van der Waals surface area contributed by atoms with Gasteiger partial charge in [0.15, 0.2) is 9.35 Å². The van der Waals surface area contributed by atoms with Gasteiger partial charge in [0, 0.05) is 17.5 Å². The summed E-state index contributed by atoms with van der Waals surface area (Å²) in [6.07, 6.45) is 1.68. The van der Waals surface area contributed by atoms with Crippen molar-refractivity contribution in [2.45, 2.75) is 10.1 Å². The van der Waals surface area contributed by atoms with E-state index in [4.69, 9.17) is 0 Å². The Labute approximate surface area is 128 Å². The number of aromatic nitrogens is 3. The first-order valence-electron chi connectivity index (χ1n) is 6.04. The lowest BCUT2D eigenvalue weighted by Crippen LogP contribution is -1.92. The molecule has 21 heavy (non-hydrogen) atoms. The van der Waals surface area contributed by atoms with Gasteiger partial charge in [0.1, 0.15) is 17.3 Å². The number of hydrogen-bond acceptors (Lipinski definition) is 5. The monoisotopic (exact) mass is 321 g/mol. The highest BCUT2D eigenvalue weighted by atomic mass is 32.2. The maximum atomic E-state index is 13.5. The van der Waals surface area contributed by atoms with Gasteiger partial charge >= 0.3 is 0 Å². The summed E-state index contributed by atoms with van der Waals surface area (Å²) < 4.78 is 27.7. The second-order valence-corrected chi connectivity index (χ2v) is 6.28. The summed E-state index contributed by atoms with van der Waals surface area (Å²) in [4.78, 5) is 4.19. The van der Waals surface area contributed by atoms with Gasteiger partial charge < -0.3 is 0 Å². The summed E-state index contributed by atoms with van der Waals surface area (Å²) in [5.41, 5.74) is 0.788. The zero-order chi connectivity index (χ0) is 14.7. The van der Waals surface area contributed by atoms with Crippen molar-refractivity contribution in [1.82, 2.24) is 15.2 Å². The van der Waals surface area contributed by atoms with Crippen molar-refractivity contribution in [1.29, 1.82) is 0 Å². The Morgan fingerprint density at radius 2 is 1.81 bits per heavy atom. The van der Waals surface area contributed by atoms with Crippen LogP contribution in [-0.4, -0.2) is 15.2 Å². The summed E-state index contributed by atoms with van der Waals surface area (Å²) in [7, 11) is 0. The van der Waals surface area contributed by atoms with Gasteiger partial charge in [-0.25, -0.2) is 8.78 Å². The van der Waals surface area contributed by atoms with Gasteiger partial charge in [-0.05, 0) is 24.3 Å². The maximum absolute atomic E-state index is 13.5. The van der Waals surface area contributed by atoms with Gasteiger partial charge in [0.2, 0.25) is 0 Å². The molecule has 0 aliphatic carbocycles. The molecule has 2 aromatic heterocycles. The van der Waals surface area contributed by atoms with Crippen LogP contribution in [-0.2, 0) is 5.75 Å². The van der Waals surface area contributed by atoms with Crippen LogP contribution < -0.4 is 0 Å². The first-order chi connectivity index (χ1) is 10.2. The molecule has 0 atom stereocenters. The van der Waals surface area contributed by atoms with Crippen molar-refractivity contribution in [3.8, 4) is 10.7 Å². The van der Waals surface area contributed by atoms with Gasteiger partial charge in [-0.2, -0.15) is 0 Å². The Morgan fingerprint density at radius 1 is 1.00 bits per heavy atom. The number of thioether (sulfide) groups is 1. The average molecular weight is 321 g/mol. The number of benzene rings is 1. The van der Waals surface area contributed by atoms with Gasteiger partial charge in [-0.1, -0.05) is 35.2 Å². The Hall–Kier alpha value is -1.86. The number of pyridine rings is 1. The maximum Gasteiger partial charge on any atom is 0.175 e. The molecule has 0 fully saturated rings. The SMILES string of the molecule is Fc1cccc(F)c1CSc1nnc(-c2ccccn2)s1. The second kappa shape index (κ2) is 6.28. The van der Waals surface area contributed by atoms with E-state index in [0.29, 0.717) is 9.35 Å². The normalized spacial score (nSPS) is 10.8. The van der Waals surface area contributed by atoms with E-state index in [0.717, 1.165) is 5.69 Å². The fraction of sp³-hybridized carbons (Fsp3) is 0.0714. The predicted octanol–water partition coefficient (Wildman–Crippen LogP) is 4.17. The van der Waals surface area contributed by atoms with Crippen molar-refractivity contribution in [2.75, 3.05) is 0 Å². The number of nitrogens with zero attached hydrogens (tertiary/aromatic N) is 3. The van der Waals surface area contributed by atoms with E-state index < -0.39 is 11.6 Å². The molecule has 3 aromatic rings. The van der Waals surface area contributed by atoms with Gasteiger partial charge in [-0.3, -0.25) is 4.98 Å². The quantitative estimate of drug-likeness (QED) is 0.676. The molecule has 3 rings (SSSR count). The fourth-order valence-electron chi connectivity index (χ4n) is 1.67. The first-order valence-corrected chi connectivity index (χ1v) is 7.85. The fourth-order valence-corrected chi connectivity index (χ4v) is 3.51. The highest BCUT2D eigenvalue weighted by molar-refractivity contribution is 8.00. The molecule has 0 unspecified atom stereocenters. The van der Waals surface area contributed by atoms with Gasteiger partial charge in [0.05, 0.1) is 0 Å². The number of halogens is 2. The molecule has 3 nitrogen and oxygen atoms in total. The summed E-state index contributed by atoms with van der Waals surface area (Å²) >= 11 is 2.60. The molecule has 0 spiro atoms. The van der Waals surface area contributed by atoms with Crippen LogP contribution in [0.1, 0.15) is 5.56 Å². The molecule has 1 aromatic carbocycles. The van der Waals surface area contributed by atoms with Crippen molar-refractivity contribution in [3.05, 3.63) is 59.8 Å². The third-order valence-electron chi connectivity index (χ3n) is 2.69. The predicted molar refractivity (Wildman–Crippen MR) is 79.1 cm³/mol. The van der Waals surface area contributed by atoms with Crippen molar-refractivity contribution in [3.63, 3.8) is 0 Å². The van der Waals surface area contributed by atoms with Crippen LogP contribution in [0.15, 0.2) is 46.9 Å². The van der Waals surface area contributed by atoms with Crippen molar-refractivity contribution in [2.24, 2.45) is 0 Å². The summed E-state index contributed by atoms with van der Waals surface area (Å²) in [5.74, 6) is -0.913. The smallest absolute Gasteiger partial charge is 0.175 e. The van der Waals surface area contributed by atoms with Crippen LogP contribution >= 0.6 is 23.1 Å². The standard InChI is InChI=1S/C14H9F2N3S2/c15-10-4-3-5-11(16)9(10)8-20-14-19-18-13(21-14)12-6-1-2-7-17-12/h1-7H,8H2. The molecule has 0 bridgehead atoms. The topological polar surface area (TPSA) is 38.7 Å². The molecule has 0 N–H and O–H groups in total. The van der Waals surface area contributed by atoms with Crippen LogP contribution in [0.4, 0.5) is 8.78 Å². The van der Waals surface area contributed by atoms with Crippen molar-refractivity contribution >= 4 is 23.1 Å². The lowest BCUT2D eigenvalue weighted by molar-refractivity contribution is 0.566. The average Bonchev–Trinajstić information content (AvgIpc) is 2.97. The Morgan fingerprint density at radius 3 is 2.52 bits per heavy atom. The molecular formula is C14H9F2N3S2. The Balaban J connectivity index is 1.74. The lowest BCUT2D eigenvalue weighted by atomic mass is 10.2. The van der Waals surface area contributed by atoms with Crippen LogP contribution in [0.2, 0.25) is 0 Å². The first kappa shape index (κ1) is 14.1. The minimum atomic E-state index is -0.544. The summed E-state index contributed by atoms with van der Waals surface area (Å²) in [5, 5.41) is 8.74. The van der Waals surface area contributed by atoms with Gasteiger partial charge in [-0.15, -0.1) is 10.2 Å². The molecule has 0 amide bonds. The van der Waals surface area contributed by atoms with Crippen LogP contribution in [0, 0.1) is 11.6 Å². The molecular weight excluding hydrogens is 312 g/mol. The molecule has 7 heteroatoms. The van der Waals surface area contributed by atoms with E-state index in [1.807, 2.05) is 18.2 Å². The van der Waals surface area contributed by atoms with Crippen LogP contribution in [0.25, 0.3) is 10.7 Å². The summed E-state index contributed by atoms with van der Waals surface area (Å²) in [6, 6.07) is 9.37. The molecule has 0 aliphatic heterocycles. The second-order valence-electron chi connectivity index (χ2n) is 4.08. The third kappa shape index (κ3) is 3.25. The van der Waals surface area contributed by atoms with E-state index in [1.165, 1.54) is 41.3 Å². The molecule has 106 valence electrons. The van der Waals surface area contributed by atoms with Crippen molar-refractivity contribution < 1.29 is 8.78 Å². The number of hydrogen-bond donors (Lipinski definition) is 0.